The van der Waals surface area contributed by atoms with Gasteiger partial charge in [-0.3, -0.25) is 0 Å². The minimum Gasteiger partial charge on any atom is -0.487 e. The van der Waals surface area contributed by atoms with Gasteiger partial charge in [0, 0.05) is 13.2 Å². The van der Waals surface area contributed by atoms with E-state index in [-0.39, 0.29) is 0 Å². The molecular weight excluding hydrogens is 248 g/mol. The third-order valence-corrected chi connectivity index (χ3v) is 2.87. The average Bonchev–Trinajstić information content (AvgIpc) is 2.40. The molecule has 0 atom stereocenters. The summed E-state index contributed by atoms with van der Waals surface area (Å²) in [7, 11) is 1.84. The lowest BCUT2D eigenvalue weighted by Crippen LogP contribution is -1.99. The summed E-state index contributed by atoms with van der Waals surface area (Å²) < 4.78 is 5.72. The molecule has 0 aliphatic heterocycles. The smallest absolute Gasteiger partial charge is 0.138 e. The van der Waals surface area contributed by atoms with Crippen LogP contribution in [-0.2, 0) is 6.61 Å². The summed E-state index contributed by atoms with van der Waals surface area (Å²) in [6.07, 6.45) is 1.75. The fourth-order valence-corrected chi connectivity index (χ4v) is 1.76. The summed E-state index contributed by atoms with van der Waals surface area (Å²) >= 11 is 6.07. The number of aryl methyl sites for hydroxylation is 1. The van der Waals surface area contributed by atoms with Crippen molar-refractivity contribution in [3.8, 4) is 5.75 Å². The predicted octanol–water partition coefficient (Wildman–Crippen LogP) is 3.66. The molecule has 1 aromatic carbocycles. The summed E-state index contributed by atoms with van der Waals surface area (Å²) in [6, 6.07) is 9.61. The molecule has 0 saturated carbocycles. The number of hydrogen-bond acceptors (Lipinski definition) is 3. The van der Waals surface area contributed by atoms with Gasteiger partial charge in [0.15, 0.2) is 0 Å². The number of aromatic nitrogens is 1. The second-order valence-electron chi connectivity index (χ2n) is 4.02. The highest BCUT2D eigenvalue weighted by molar-refractivity contribution is 6.32. The van der Waals surface area contributed by atoms with E-state index in [0.717, 1.165) is 16.9 Å². The van der Waals surface area contributed by atoms with Crippen LogP contribution >= 0.6 is 11.6 Å². The zero-order chi connectivity index (χ0) is 13.0. The minimum atomic E-state index is 0.473. The summed E-state index contributed by atoms with van der Waals surface area (Å²) in [5.74, 6) is 1.53. The van der Waals surface area contributed by atoms with Crippen LogP contribution in [0.2, 0.25) is 5.02 Å². The maximum absolute atomic E-state index is 6.07. The maximum Gasteiger partial charge on any atom is 0.138 e. The number of benzene rings is 1. The Morgan fingerprint density at radius 3 is 2.89 bits per heavy atom. The van der Waals surface area contributed by atoms with E-state index in [1.165, 1.54) is 0 Å². The highest BCUT2D eigenvalue weighted by Crippen LogP contribution is 2.26. The normalized spacial score (nSPS) is 10.2. The SMILES string of the molecule is CNc1cc(COc2cc(C)ccc2Cl)ccn1. The van der Waals surface area contributed by atoms with Crippen LogP contribution in [-0.4, -0.2) is 12.0 Å². The molecule has 2 aromatic rings. The number of ether oxygens (including phenoxy) is 1. The lowest BCUT2D eigenvalue weighted by atomic mass is 10.2. The molecule has 18 heavy (non-hydrogen) atoms. The van der Waals surface area contributed by atoms with E-state index in [1.807, 2.05) is 44.3 Å². The molecule has 94 valence electrons. The number of rotatable bonds is 4. The Kier molecular flexibility index (Phi) is 4.05. The van der Waals surface area contributed by atoms with E-state index in [2.05, 4.69) is 10.3 Å². The van der Waals surface area contributed by atoms with Gasteiger partial charge in [0.2, 0.25) is 0 Å². The highest BCUT2D eigenvalue weighted by atomic mass is 35.5. The zero-order valence-corrected chi connectivity index (χ0v) is 11.2. The zero-order valence-electron chi connectivity index (χ0n) is 10.4. The van der Waals surface area contributed by atoms with Gasteiger partial charge in [-0.2, -0.15) is 0 Å². The Bertz CT molecular complexity index is 543. The first-order valence-corrected chi connectivity index (χ1v) is 6.08. The summed E-state index contributed by atoms with van der Waals surface area (Å²) in [5.41, 5.74) is 2.17. The third-order valence-electron chi connectivity index (χ3n) is 2.56. The molecular formula is C14H15ClN2O. The van der Waals surface area contributed by atoms with Crippen molar-refractivity contribution in [1.82, 2.24) is 4.98 Å². The van der Waals surface area contributed by atoms with Crippen LogP contribution in [0.1, 0.15) is 11.1 Å². The molecule has 0 spiro atoms. The topological polar surface area (TPSA) is 34.1 Å². The van der Waals surface area contributed by atoms with E-state index in [4.69, 9.17) is 16.3 Å². The standard InChI is InChI=1S/C14H15ClN2O/c1-10-3-4-12(15)13(7-10)18-9-11-5-6-17-14(8-11)16-2/h3-8H,9H2,1-2H3,(H,16,17). The van der Waals surface area contributed by atoms with Crippen molar-refractivity contribution in [2.45, 2.75) is 13.5 Å². The third kappa shape index (κ3) is 3.14. The number of nitrogens with one attached hydrogen (secondary N) is 1. The second kappa shape index (κ2) is 5.74. The molecule has 0 aliphatic carbocycles. The molecule has 0 saturated heterocycles. The van der Waals surface area contributed by atoms with Crippen molar-refractivity contribution in [3.05, 3.63) is 52.7 Å². The molecule has 0 amide bonds. The Morgan fingerprint density at radius 1 is 1.28 bits per heavy atom. The van der Waals surface area contributed by atoms with Crippen LogP contribution in [0.4, 0.5) is 5.82 Å². The van der Waals surface area contributed by atoms with Gasteiger partial charge >= 0.3 is 0 Å². The molecule has 1 aromatic heterocycles. The first-order valence-electron chi connectivity index (χ1n) is 5.70. The molecule has 1 heterocycles. The fraction of sp³-hybridized carbons (Fsp3) is 0.214. The van der Waals surface area contributed by atoms with Crippen LogP contribution in [0.25, 0.3) is 0 Å². The molecule has 2 rings (SSSR count). The van der Waals surface area contributed by atoms with Gasteiger partial charge in [0.25, 0.3) is 0 Å². The first-order chi connectivity index (χ1) is 8.69. The van der Waals surface area contributed by atoms with Gasteiger partial charge < -0.3 is 10.1 Å². The molecule has 0 bridgehead atoms. The quantitative estimate of drug-likeness (QED) is 0.913. The number of hydrogen-bond donors (Lipinski definition) is 1. The molecule has 3 nitrogen and oxygen atoms in total. The maximum atomic E-state index is 6.07. The van der Waals surface area contributed by atoms with Crippen molar-refractivity contribution in [2.75, 3.05) is 12.4 Å². The van der Waals surface area contributed by atoms with Crippen molar-refractivity contribution in [3.63, 3.8) is 0 Å². The molecule has 0 aliphatic rings. The minimum absolute atomic E-state index is 0.473. The number of pyridine rings is 1. The molecule has 1 N–H and O–H groups in total. The van der Waals surface area contributed by atoms with Gasteiger partial charge in [-0.1, -0.05) is 17.7 Å². The summed E-state index contributed by atoms with van der Waals surface area (Å²) in [6.45, 7) is 2.48. The highest BCUT2D eigenvalue weighted by Gasteiger charge is 2.03. The fourth-order valence-electron chi connectivity index (χ4n) is 1.58. The Morgan fingerprint density at radius 2 is 2.11 bits per heavy atom. The lowest BCUT2D eigenvalue weighted by Gasteiger charge is -2.09. The number of nitrogens with zero attached hydrogens (tertiary/aromatic N) is 1. The largest absolute Gasteiger partial charge is 0.487 e. The van der Waals surface area contributed by atoms with E-state index < -0.39 is 0 Å². The molecule has 0 radical (unpaired) electrons. The second-order valence-corrected chi connectivity index (χ2v) is 4.43. The van der Waals surface area contributed by atoms with E-state index in [9.17, 15) is 0 Å². The number of anilines is 1. The monoisotopic (exact) mass is 262 g/mol. The van der Waals surface area contributed by atoms with Crippen LogP contribution in [0.5, 0.6) is 5.75 Å². The Balaban J connectivity index is 2.08. The van der Waals surface area contributed by atoms with E-state index >= 15 is 0 Å². The Hall–Kier alpha value is -1.74. The van der Waals surface area contributed by atoms with Gasteiger partial charge in [-0.25, -0.2) is 4.98 Å². The lowest BCUT2D eigenvalue weighted by molar-refractivity contribution is 0.306. The average molecular weight is 263 g/mol. The van der Waals surface area contributed by atoms with Crippen LogP contribution in [0.3, 0.4) is 0 Å². The van der Waals surface area contributed by atoms with Crippen molar-refractivity contribution < 1.29 is 4.74 Å². The van der Waals surface area contributed by atoms with E-state index in [0.29, 0.717) is 17.4 Å². The van der Waals surface area contributed by atoms with Crippen LogP contribution < -0.4 is 10.1 Å². The Labute approximate surface area is 112 Å². The van der Waals surface area contributed by atoms with Crippen molar-refractivity contribution in [1.29, 1.82) is 0 Å². The van der Waals surface area contributed by atoms with Crippen molar-refractivity contribution in [2.24, 2.45) is 0 Å². The predicted molar refractivity (Wildman–Crippen MR) is 74.3 cm³/mol. The van der Waals surface area contributed by atoms with Gasteiger partial charge in [0.05, 0.1) is 5.02 Å². The van der Waals surface area contributed by atoms with Crippen LogP contribution in [0.15, 0.2) is 36.5 Å². The first kappa shape index (κ1) is 12.7. The van der Waals surface area contributed by atoms with Gasteiger partial charge in [-0.05, 0) is 42.3 Å². The van der Waals surface area contributed by atoms with E-state index in [1.54, 1.807) is 6.20 Å². The molecule has 0 unspecified atom stereocenters. The molecule has 4 heteroatoms. The van der Waals surface area contributed by atoms with Gasteiger partial charge in [-0.15, -0.1) is 0 Å². The van der Waals surface area contributed by atoms with Crippen LogP contribution in [0, 0.1) is 6.92 Å². The van der Waals surface area contributed by atoms with Crippen molar-refractivity contribution >= 4 is 17.4 Å². The molecule has 0 fully saturated rings. The summed E-state index contributed by atoms with van der Waals surface area (Å²) in [4.78, 5) is 4.15. The number of halogens is 1. The van der Waals surface area contributed by atoms with Gasteiger partial charge in [0.1, 0.15) is 18.2 Å². The summed E-state index contributed by atoms with van der Waals surface area (Å²) in [5, 5.41) is 3.62.